The zero-order chi connectivity index (χ0) is 12.5. The summed E-state index contributed by atoms with van der Waals surface area (Å²) in [6, 6.07) is 2.70. The molecule has 0 saturated heterocycles. The van der Waals surface area contributed by atoms with E-state index in [9.17, 15) is 8.42 Å². The third-order valence-electron chi connectivity index (χ3n) is 2.78. The third kappa shape index (κ3) is 3.16. The Morgan fingerprint density at radius 1 is 1.53 bits per heavy atom. The standard InChI is InChI=1S/C10H13ClN2O3S/c11-10-5-9(1-2-12-10)17(15,16)13-6-7-3-8(14)4-7/h1-2,5,7-8,13-14H,3-4,6H2. The average molecular weight is 277 g/mol. The number of nitrogens with one attached hydrogen (secondary N) is 1. The predicted octanol–water partition coefficient (Wildman–Crippen LogP) is 0.784. The van der Waals surface area contributed by atoms with E-state index in [0.717, 1.165) is 0 Å². The molecule has 7 heteroatoms. The van der Waals surface area contributed by atoms with Crippen molar-refractivity contribution < 1.29 is 13.5 Å². The molecule has 1 heterocycles. The number of rotatable bonds is 4. The number of halogens is 1. The van der Waals surface area contributed by atoms with Crippen LogP contribution in [0.5, 0.6) is 0 Å². The van der Waals surface area contributed by atoms with E-state index in [1.165, 1.54) is 18.3 Å². The molecule has 0 radical (unpaired) electrons. The molecule has 2 rings (SSSR count). The largest absolute Gasteiger partial charge is 0.393 e. The van der Waals surface area contributed by atoms with Gasteiger partial charge in [0.05, 0.1) is 11.0 Å². The van der Waals surface area contributed by atoms with Gasteiger partial charge in [0.2, 0.25) is 10.0 Å². The lowest BCUT2D eigenvalue weighted by Gasteiger charge is -2.31. The van der Waals surface area contributed by atoms with Crippen molar-refractivity contribution in [2.45, 2.75) is 23.8 Å². The number of pyridine rings is 1. The first-order valence-electron chi connectivity index (χ1n) is 5.26. The Morgan fingerprint density at radius 2 is 2.24 bits per heavy atom. The van der Waals surface area contributed by atoms with Gasteiger partial charge in [-0.2, -0.15) is 0 Å². The van der Waals surface area contributed by atoms with E-state index >= 15 is 0 Å². The summed E-state index contributed by atoms with van der Waals surface area (Å²) in [5.74, 6) is 0.220. The van der Waals surface area contributed by atoms with Crippen LogP contribution in [0.25, 0.3) is 0 Å². The minimum absolute atomic E-state index is 0.109. The highest BCUT2D eigenvalue weighted by atomic mass is 35.5. The van der Waals surface area contributed by atoms with Gasteiger partial charge in [0.25, 0.3) is 0 Å². The van der Waals surface area contributed by atoms with Crippen molar-refractivity contribution in [3.63, 3.8) is 0 Å². The highest BCUT2D eigenvalue weighted by molar-refractivity contribution is 7.89. The second kappa shape index (κ2) is 4.89. The molecule has 1 fully saturated rings. The van der Waals surface area contributed by atoms with Gasteiger partial charge in [-0.3, -0.25) is 0 Å². The summed E-state index contributed by atoms with van der Waals surface area (Å²) in [5, 5.41) is 9.24. The van der Waals surface area contributed by atoms with Gasteiger partial charge in [0.1, 0.15) is 5.15 Å². The second-order valence-electron chi connectivity index (χ2n) is 4.16. The summed E-state index contributed by atoms with van der Waals surface area (Å²) in [4.78, 5) is 3.83. The molecule has 0 aromatic carbocycles. The van der Waals surface area contributed by atoms with E-state index in [-0.39, 0.29) is 22.1 Å². The lowest BCUT2D eigenvalue weighted by molar-refractivity contribution is 0.0453. The van der Waals surface area contributed by atoms with Crippen molar-refractivity contribution >= 4 is 21.6 Å². The van der Waals surface area contributed by atoms with Crippen LogP contribution in [-0.4, -0.2) is 31.2 Å². The van der Waals surface area contributed by atoms with Crippen LogP contribution < -0.4 is 4.72 Å². The lowest BCUT2D eigenvalue weighted by atomic mass is 9.83. The number of aromatic nitrogens is 1. The molecule has 1 saturated carbocycles. The molecule has 2 N–H and O–H groups in total. The smallest absolute Gasteiger partial charge is 0.240 e. The fourth-order valence-corrected chi connectivity index (χ4v) is 3.10. The van der Waals surface area contributed by atoms with Gasteiger partial charge in [-0.25, -0.2) is 18.1 Å². The van der Waals surface area contributed by atoms with E-state index in [2.05, 4.69) is 9.71 Å². The Hall–Kier alpha value is -0.690. The van der Waals surface area contributed by atoms with Crippen LogP contribution in [0.15, 0.2) is 23.2 Å². The van der Waals surface area contributed by atoms with E-state index in [1.807, 2.05) is 0 Å². The maximum atomic E-state index is 11.9. The number of aliphatic hydroxyl groups is 1. The molecule has 0 unspecified atom stereocenters. The van der Waals surface area contributed by atoms with Crippen LogP contribution in [0, 0.1) is 5.92 Å². The zero-order valence-corrected chi connectivity index (χ0v) is 10.6. The van der Waals surface area contributed by atoms with E-state index in [4.69, 9.17) is 16.7 Å². The Kier molecular flexibility index (Phi) is 3.67. The van der Waals surface area contributed by atoms with Crippen molar-refractivity contribution in [2.24, 2.45) is 5.92 Å². The molecular weight excluding hydrogens is 264 g/mol. The summed E-state index contributed by atoms with van der Waals surface area (Å²) < 4.78 is 26.2. The van der Waals surface area contributed by atoms with Gasteiger partial charge in [-0.1, -0.05) is 11.6 Å². The molecule has 1 aliphatic rings. The molecule has 0 spiro atoms. The second-order valence-corrected chi connectivity index (χ2v) is 6.31. The minimum Gasteiger partial charge on any atom is -0.393 e. The molecule has 0 bridgehead atoms. The van der Waals surface area contributed by atoms with Crippen LogP contribution in [0.1, 0.15) is 12.8 Å². The first kappa shape index (κ1) is 12.8. The quantitative estimate of drug-likeness (QED) is 0.797. The van der Waals surface area contributed by atoms with Crippen molar-refractivity contribution in [3.05, 3.63) is 23.5 Å². The van der Waals surface area contributed by atoms with Crippen molar-refractivity contribution in [3.8, 4) is 0 Å². The fourth-order valence-electron chi connectivity index (χ4n) is 1.73. The van der Waals surface area contributed by atoms with Crippen molar-refractivity contribution in [1.82, 2.24) is 9.71 Å². The van der Waals surface area contributed by atoms with Crippen molar-refractivity contribution in [1.29, 1.82) is 0 Å². The van der Waals surface area contributed by atoms with E-state index in [1.54, 1.807) is 0 Å². The van der Waals surface area contributed by atoms with E-state index < -0.39 is 10.0 Å². The predicted molar refractivity (Wildman–Crippen MR) is 63.2 cm³/mol. The summed E-state index contributed by atoms with van der Waals surface area (Å²) in [7, 11) is -3.53. The van der Waals surface area contributed by atoms with Crippen molar-refractivity contribution in [2.75, 3.05) is 6.54 Å². The average Bonchev–Trinajstić information content (AvgIpc) is 2.23. The van der Waals surface area contributed by atoms with Gasteiger partial charge < -0.3 is 5.11 Å². The summed E-state index contributed by atoms with van der Waals surface area (Å²) in [6.45, 7) is 0.347. The normalized spacial score (nSPS) is 24.4. The Bertz CT molecular complexity index is 500. The molecule has 17 heavy (non-hydrogen) atoms. The fraction of sp³-hybridized carbons (Fsp3) is 0.500. The van der Waals surface area contributed by atoms with Crippen LogP contribution in [0.4, 0.5) is 0 Å². The lowest BCUT2D eigenvalue weighted by Crippen LogP contribution is -2.38. The van der Waals surface area contributed by atoms with Gasteiger partial charge in [0, 0.05) is 12.7 Å². The van der Waals surface area contributed by atoms with Gasteiger partial charge in [-0.05, 0) is 30.9 Å². The van der Waals surface area contributed by atoms with Gasteiger partial charge >= 0.3 is 0 Å². The molecule has 1 aromatic rings. The highest BCUT2D eigenvalue weighted by Gasteiger charge is 2.28. The van der Waals surface area contributed by atoms with Gasteiger partial charge in [-0.15, -0.1) is 0 Å². The molecule has 94 valence electrons. The number of aliphatic hydroxyl groups excluding tert-OH is 1. The van der Waals surface area contributed by atoms with Crippen LogP contribution >= 0.6 is 11.6 Å². The molecular formula is C10H13ClN2O3S. The molecule has 0 aliphatic heterocycles. The first-order valence-corrected chi connectivity index (χ1v) is 7.13. The maximum absolute atomic E-state index is 11.9. The summed E-state index contributed by atoms with van der Waals surface area (Å²) in [6.07, 6.45) is 2.38. The van der Waals surface area contributed by atoms with Crippen LogP contribution in [-0.2, 0) is 10.0 Å². The zero-order valence-electron chi connectivity index (χ0n) is 9.01. The third-order valence-corrected chi connectivity index (χ3v) is 4.41. The van der Waals surface area contributed by atoms with Crippen LogP contribution in [0.3, 0.4) is 0 Å². The number of hydrogen-bond donors (Lipinski definition) is 2. The van der Waals surface area contributed by atoms with Gasteiger partial charge in [0.15, 0.2) is 0 Å². The number of nitrogens with zero attached hydrogens (tertiary/aromatic N) is 1. The van der Waals surface area contributed by atoms with Crippen LogP contribution in [0.2, 0.25) is 5.15 Å². The monoisotopic (exact) mass is 276 g/mol. The Labute approximate surface area is 105 Å². The summed E-state index contributed by atoms with van der Waals surface area (Å²) in [5.41, 5.74) is 0. The minimum atomic E-state index is -3.53. The molecule has 0 atom stereocenters. The Balaban J connectivity index is 1.99. The topological polar surface area (TPSA) is 79.3 Å². The molecule has 5 nitrogen and oxygen atoms in total. The van der Waals surface area contributed by atoms with E-state index in [0.29, 0.717) is 19.4 Å². The molecule has 1 aliphatic carbocycles. The number of sulfonamides is 1. The number of hydrogen-bond acceptors (Lipinski definition) is 4. The maximum Gasteiger partial charge on any atom is 0.240 e. The first-order chi connectivity index (χ1) is 7.97. The molecule has 1 aromatic heterocycles. The Morgan fingerprint density at radius 3 is 2.82 bits per heavy atom. The SMILES string of the molecule is O=S(=O)(NCC1CC(O)C1)c1ccnc(Cl)c1. The summed E-state index contributed by atoms with van der Waals surface area (Å²) >= 11 is 5.63. The highest BCUT2D eigenvalue weighted by Crippen LogP contribution is 2.26. The molecule has 0 amide bonds.